The summed E-state index contributed by atoms with van der Waals surface area (Å²) < 4.78 is 0. The lowest BCUT2D eigenvalue weighted by molar-refractivity contribution is -0.124. The molecule has 2 atom stereocenters. The Morgan fingerprint density at radius 2 is 0.508 bits per heavy atom. The molecule has 2 aliphatic rings. The lowest BCUT2D eigenvalue weighted by Crippen LogP contribution is -2.39. The number of hydrogen-bond donors (Lipinski definition) is 0. The molecule has 0 N–H and O–H groups in total. The van der Waals surface area contributed by atoms with Gasteiger partial charge in [0, 0.05) is 103 Å². The minimum absolute atomic E-state index is 0.0359. The molecule has 2 aliphatic heterocycles. The van der Waals surface area contributed by atoms with Gasteiger partial charge in [0.2, 0.25) is 0 Å². The minimum Gasteiger partial charge on any atom is -0.306 e. The fourth-order valence-electron chi connectivity index (χ4n) is 18.8. The Morgan fingerprint density at radius 1 is 0.246 bits per heavy atom. The number of unbranched alkanes of at least 4 members (excludes halogenated alkanes) is 28. The molecule has 2 unspecified atom stereocenters. The van der Waals surface area contributed by atoms with Gasteiger partial charge in [-0.25, -0.2) is 0 Å². The molecule has 0 aromatic carbocycles. The lowest BCUT2D eigenvalue weighted by atomic mass is 9.66. The summed E-state index contributed by atoms with van der Waals surface area (Å²) in [6.07, 6.45) is 53.2. The first kappa shape index (κ1) is 104. The van der Waals surface area contributed by atoms with Crippen LogP contribution in [0.15, 0.2) is 83.9 Å². The van der Waals surface area contributed by atoms with E-state index in [-0.39, 0.29) is 44.3 Å². The van der Waals surface area contributed by atoms with Crippen molar-refractivity contribution in [1.29, 1.82) is 0 Å². The first-order valence-corrected chi connectivity index (χ1v) is 58.0. The molecule has 0 bridgehead atoms. The molecule has 126 heavy (non-hydrogen) atoms. The third-order valence-corrected chi connectivity index (χ3v) is 41.4. The van der Waals surface area contributed by atoms with Crippen molar-refractivity contribution in [3.05, 3.63) is 135 Å². The van der Waals surface area contributed by atoms with E-state index in [1.54, 1.807) is 11.1 Å². The molecule has 0 radical (unpaired) electrons. The van der Waals surface area contributed by atoms with Gasteiger partial charge in [-0.2, -0.15) is 0 Å². The maximum Gasteiger partial charge on any atom is 0.261 e. The summed E-state index contributed by atoms with van der Waals surface area (Å²) in [5, 5.41) is 0. The van der Waals surface area contributed by atoms with E-state index in [1.165, 1.54) is 304 Å². The Labute approximate surface area is 802 Å². The number of hydrogen-bond acceptors (Lipinski definition) is 10. The summed E-state index contributed by atoms with van der Waals surface area (Å²) in [5.41, 5.74) is 9.01. The van der Waals surface area contributed by atoms with E-state index < -0.39 is 0 Å². The summed E-state index contributed by atoms with van der Waals surface area (Å²) >= 11 is 15.9. The Hall–Kier alpha value is -3.98. The highest BCUT2D eigenvalue weighted by atomic mass is 32.1. The summed E-state index contributed by atoms with van der Waals surface area (Å²) in [5.74, 6) is 0.768. The van der Waals surface area contributed by atoms with Crippen molar-refractivity contribution >= 4 is 114 Å². The molecule has 2 amide bonds. The van der Waals surface area contributed by atoms with Crippen LogP contribution in [0.3, 0.4) is 0 Å². The maximum atomic E-state index is 17.0. The number of fused-ring (bicyclic) bond motifs is 1. The van der Waals surface area contributed by atoms with E-state index in [0.717, 1.165) is 78.9 Å². The Morgan fingerprint density at radius 3 is 0.889 bits per heavy atom. The average molecular weight is 1860 g/mol. The summed E-state index contributed by atoms with van der Waals surface area (Å²) in [7, 11) is 0. The maximum absolute atomic E-state index is 17.0. The van der Waals surface area contributed by atoms with Crippen LogP contribution in [0.5, 0.6) is 0 Å². The number of aryl methyl sites for hydroxylation is 4. The molecule has 8 aromatic rings. The van der Waals surface area contributed by atoms with Gasteiger partial charge in [0.1, 0.15) is 0 Å². The summed E-state index contributed by atoms with van der Waals surface area (Å²) in [6.45, 7) is 54.3. The van der Waals surface area contributed by atoms with Crippen molar-refractivity contribution in [2.75, 3.05) is 13.1 Å². The molecular formula is C114H172N2O2S8. The highest BCUT2D eigenvalue weighted by molar-refractivity contribution is 7.28. The van der Waals surface area contributed by atoms with Crippen LogP contribution in [-0.4, -0.2) is 34.7 Å². The van der Waals surface area contributed by atoms with Crippen LogP contribution in [0.1, 0.15) is 461 Å². The second-order valence-corrected chi connectivity index (χ2v) is 51.1. The first-order chi connectivity index (χ1) is 60.3. The lowest BCUT2D eigenvalue weighted by Gasteiger charge is -2.40. The molecule has 8 aromatic heterocycles. The Bertz CT molecular complexity index is 4700. The SMILES string of the molecule is CCCCCCCCC(CCCCCC)CN1C(=O)C2=C(c3ccc(-c4sc(C(C)(C)C(C)(C)C)cc4CCCCCC)s3)N(CC(CCCCCC)CCCCCCCC)C(=O)C2=C1c1ccc(-c2sc(-c3ccc(C(C)(C)C(C)(C)c4cc(CCCCCC)c(-c5sc(-c6ccc(C(C)(C)C(C)(C)C)s6)cc5CCCCCC)s4)s3)cc2CCCCCC)s1. The smallest absolute Gasteiger partial charge is 0.261 e. The fraction of sp³-hybridized carbons (Fsp3) is 0.667. The fourth-order valence-corrected chi connectivity index (χ4v) is 29.6. The molecule has 0 aliphatic carbocycles. The standard InChI is InChI=1S/C114H172N2O2S8/c1-23-31-39-47-49-53-61-81(59-51-41-33-25-3)79-115-101(99-100(108(115)118)102(116(107(99)117)80-82(60-52-42-34-26-4)62-54-50-48-40-32-24-2)90-68-70-92(120-90)104-85(65-57-45-37-29-7)77-97(125-104)112(17,18)110(12,13)14)89-67-69-91(119-89)103-83(63-55-43-35-27-5)75-93(123-103)87-72-74-96(122-87)113(19,20)114(21,22)98-78-86(66-58-46-38-30-8)106(126-98)105-84(64-56-44-36-28-6)76-94(124-105)88-71-73-95(121-88)111(15,16)109(9,10)11/h67-78,81-82H,23-66,79-80H2,1-22H3. The molecule has 10 rings (SSSR count). The number of carbonyl (C=O) groups excluding carboxylic acids is 2. The largest absolute Gasteiger partial charge is 0.306 e. The zero-order valence-corrected chi connectivity index (χ0v) is 90.1. The van der Waals surface area contributed by atoms with Crippen molar-refractivity contribution in [3.63, 3.8) is 0 Å². The van der Waals surface area contributed by atoms with Gasteiger partial charge >= 0.3 is 0 Å². The molecule has 12 heteroatoms. The van der Waals surface area contributed by atoms with Crippen molar-refractivity contribution in [2.24, 2.45) is 22.7 Å². The molecule has 10 heterocycles. The van der Waals surface area contributed by atoms with E-state index >= 15 is 9.59 Å². The van der Waals surface area contributed by atoms with Gasteiger partial charge in [-0.3, -0.25) is 9.59 Å². The number of rotatable bonds is 60. The summed E-state index contributed by atoms with van der Waals surface area (Å²) in [4.78, 5) is 60.2. The van der Waals surface area contributed by atoms with Gasteiger partial charge in [0.05, 0.1) is 32.3 Å². The van der Waals surface area contributed by atoms with Crippen molar-refractivity contribution in [3.8, 4) is 48.8 Å². The zero-order chi connectivity index (χ0) is 91.0. The normalized spacial score (nSPS) is 14.5. The van der Waals surface area contributed by atoms with Crippen LogP contribution < -0.4 is 0 Å². The first-order valence-electron chi connectivity index (χ1n) is 51.4. The van der Waals surface area contributed by atoms with E-state index in [4.69, 9.17) is 0 Å². The highest BCUT2D eigenvalue weighted by Gasteiger charge is 2.51. The molecule has 0 spiro atoms. The van der Waals surface area contributed by atoms with Crippen LogP contribution in [0, 0.1) is 22.7 Å². The van der Waals surface area contributed by atoms with Gasteiger partial charge in [-0.05, 0) is 195 Å². The van der Waals surface area contributed by atoms with Crippen LogP contribution in [-0.2, 0) is 56.9 Å². The van der Waals surface area contributed by atoms with Crippen LogP contribution in [0.4, 0.5) is 0 Å². The zero-order valence-electron chi connectivity index (χ0n) is 83.6. The Kier molecular flexibility index (Phi) is 40.7. The number of nitrogens with zero attached hydrogens (tertiary/aromatic N) is 2. The van der Waals surface area contributed by atoms with E-state index in [9.17, 15) is 0 Å². The molecule has 698 valence electrons. The second-order valence-electron chi connectivity index (χ2n) is 42.6. The predicted molar refractivity (Wildman–Crippen MR) is 570 cm³/mol. The quantitative estimate of drug-likeness (QED) is 0.0357. The van der Waals surface area contributed by atoms with Crippen molar-refractivity contribution in [1.82, 2.24) is 9.80 Å². The van der Waals surface area contributed by atoms with E-state index in [0.29, 0.717) is 36.1 Å². The van der Waals surface area contributed by atoms with Gasteiger partial charge < -0.3 is 9.80 Å². The van der Waals surface area contributed by atoms with Crippen LogP contribution >= 0.6 is 90.7 Å². The Balaban J connectivity index is 1.09. The summed E-state index contributed by atoms with van der Waals surface area (Å²) in [6, 6.07) is 29.7. The predicted octanol–water partition coefficient (Wildman–Crippen LogP) is 39.4. The minimum atomic E-state index is -0.188. The number of carbonyl (C=O) groups is 2. The molecular weight excluding hydrogens is 1690 g/mol. The van der Waals surface area contributed by atoms with Gasteiger partial charge in [0.25, 0.3) is 11.8 Å². The van der Waals surface area contributed by atoms with Gasteiger partial charge in [0.15, 0.2) is 0 Å². The monoisotopic (exact) mass is 1860 g/mol. The van der Waals surface area contributed by atoms with Crippen LogP contribution in [0.2, 0.25) is 0 Å². The number of amides is 2. The molecule has 0 saturated heterocycles. The molecule has 0 saturated carbocycles. The van der Waals surface area contributed by atoms with Crippen molar-refractivity contribution in [2.45, 2.75) is 456 Å². The number of thiophene rings is 8. The van der Waals surface area contributed by atoms with Crippen LogP contribution in [0.25, 0.3) is 60.2 Å². The van der Waals surface area contributed by atoms with E-state index in [2.05, 4.69) is 258 Å². The van der Waals surface area contributed by atoms with E-state index in [1.807, 2.05) is 68.0 Å². The average Bonchev–Trinajstić information content (AvgIpc) is 1.55. The molecule has 4 nitrogen and oxygen atoms in total. The third-order valence-electron chi connectivity index (χ3n) is 30.2. The second kappa shape index (κ2) is 49.3. The van der Waals surface area contributed by atoms with Gasteiger partial charge in [-0.1, -0.05) is 358 Å². The molecule has 0 fully saturated rings. The van der Waals surface area contributed by atoms with Crippen molar-refractivity contribution < 1.29 is 9.59 Å². The highest BCUT2D eigenvalue weighted by Crippen LogP contribution is 2.58. The third kappa shape index (κ3) is 26.1. The topological polar surface area (TPSA) is 40.6 Å². The van der Waals surface area contributed by atoms with Gasteiger partial charge in [-0.15, -0.1) is 90.7 Å².